The van der Waals surface area contributed by atoms with Gasteiger partial charge in [0, 0.05) is 25.0 Å². The second-order valence-corrected chi connectivity index (χ2v) is 6.05. The van der Waals surface area contributed by atoms with Crippen molar-refractivity contribution in [2.75, 3.05) is 12.9 Å². The highest BCUT2D eigenvalue weighted by Crippen LogP contribution is 2.25. The summed E-state index contributed by atoms with van der Waals surface area (Å²) < 4.78 is 3.07. The molecule has 0 aromatic carbocycles. The molecule has 1 aromatic heterocycles. The van der Waals surface area contributed by atoms with Crippen molar-refractivity contribution < 1.29 is 0 Å². The number of rotatable bonds is 5. The molecule has 0 amide bonds. The van der Waals surface area contributed by atoms with Crippen molar-refractivity contribution in [2.24, 2.45) is 7.05 Å². The first-order chi connectivity index (χ1) is 7.83. The zero-order valence-corrected chi connectivity index (χ0v) is 13.6. The molecule has 0 N–H and O–H groups in total. The molecular weight excluding hydrogens is 302 g/mol. The maximum atomic E-state index is 5.99. The third-order valence-corrected chi connectivity index (χ3v) is 4.82. The van der Waals surface area contributed by atoms with E-state index >= 15 is 0 Å². The molecule has 1 heterocycles. The average Bonchev–Trinajstić information content (AvgIpc) is 2.56. The highest BCUT2D eigenvalue weighted by molar-refractivity contribution is 9.10. The smallest absolute Gasteiger partial charge is 0.0767 e. The number of aryl methyl sites for hydroxylation is 2. The molecule has 0 spiro atoms. The minimum atomic E-state index is -0.0162. The maximum Gasteiger partial charge on any atom is 0.0767 e. The van der Waals surface area contributed by atoms with Crippen LogP contribution in [0.3, 0.4) is 0 Å². The lowest BCUT2D eigenvalue weighted by Gasteiger charge is -2.33. The van der Waals surface area contributed by atoms with Crippen molar-refractivity contribution >= 4 is 27.5 Å². The number of hydrogen-bond donors (Lipinski definition) is 0. The van der Waals surface area contributed by atoms with Gasteiger partial charge in [0.2, 0.25) is 0 Å². The normalized spacial score (nSPS) is 12.5. The first-order valence-corrected chi connectivity index (χ1v) is 7.13. The molecule has 0 saturated carbocycles. The van der Waals surface area contributed by atoms with Crippen LogP contribution in [0.1, 0.15) is 32.2 Å². The van der Waals surface area contributed by atoms with Gasteiger partial charge in [-0.05, 0) is 43.2 Å². The van der Waals surface area contributed by atoms with Gasteiger partial charge in [0.25, 0.3) is 0 Å². The molecule has 5 heteroatoms. The van der Waals surface area contributed by atoms with Crippen LogP contribution in [0.25, 0.3) is 0 Å². The van der Waals surface area contributed by atoms with Gasteiger partial charge in [-0.25, -0.2) is 0 Å². The Balaban J connectivity index is 2.92. The summed E-state index contributed by atoms with van der Waals surface area (Å²) in [7, 11) is 4.08. The van der Waals surface area contributed by atoms with Crippen molar-refractivity contribution in [3.8, 4) is 0 Å². The van der Waals surface area contributed by atoms with Crippen LogP contribution in [0.15, 0.2) is 4.47 Å². The van der Waals surface area contributed by atoms with Crippen molar-refractivity contribution in [3.63, 3.8) is 0 Å². The Bertz CT molecular complexity index is 387. The van der Waals surface area contributed by atoms with Crippen molar-refractivity contribution in [2.45, 2.75) is 39.3 Å². The summed E-state index contributed by atoms with van der Waals surface area (Å²) >= 11 is 9.63. The topological polar surface area (TPSA) is 21.1 Å². The molecule has 0 radical (unpaired) electrons. The van der Waals surface area contributed by atoms with E-state index in [1.807, 2.05) is 11.7 Å². The molecular formula is C12H21BrClN3. The van der Waals surface area contributed by atoms with Gasteiger partial charge in [0.15, 0.2) is 0 Å². The molecule has 0 fully saturated rings. The van der Waals surface area contributed by atoms with Crippen molar-refractivity contribution in [3.05, 3.63) is 15.9 Å². The van der Waals surface area contributed by atoms with Gasteiger partial charge in [-0.1, -0.05) is 6.92 Å². The van der Waals surface area contributed by atoms with Crippen LogP contribution in [0.2, 0.25) is 0 Å². The summed E-state index contributed by atoms with van der Waals surface area (Å²) in [6.07, 6.45) is 0.942. The van der Waals surface area contributed by atoms with E-state index in [0.29, 0.717) is 5.88 Å². The molecule has 0 aliphatic heterocycles. The molecule has 98 valence electrons. The van der Waals surface area contributed by atoms with Crippen LogP contribution >= 0.6 is 27.5 Å². The summed E-state index contributed by atoms with van der Waals surface area (Å²) in [5, 5.41) is 4.50. The standard InChI is InChI=1S/C12H21BrClN3/c1-6-9-11(13)10(17(5)15-9)7-16(4)12(2,3)8-14/h6-8H2,1-5H3. The van der Waals surface area contributed by atoms with Crippen molar-refractivity contribution in [1.29, 1.82) is 0 Å². The van der Waals surface area contributed by atoms with E-state index in [1.165, 1.54) is 5.69 Å². The number of hydrogen-bond acceptors (Lipinski definition) is 2. The maximum absolute atomic E-state index is 5.99. The van der Waals surface area contributed by atoms with E-state index in [1.54, 1.807) is 0 Å². The number of alkyl halides is 1. The molecule has 3 nitrogen and oxygen atoms in total. The lowest BCUT2D eigenvalue weighted by atomic mass is 10.1. The van der Waals surface area contributed by atoms with E-state index in [9.17, 15) is 0 Å². The molecule has 1 aromatic rings. The summed E-state index contributed by atoms with van der Waals surface area (Å²) in [6, 6.07) is 0. The zero-order chi connectivity index (χ0) is 13.2. The zero-order valence-electron chi connectivity index (χ0n) is 11.2. The van der Waals surface area contributed by atoms with Crippen LogP contribution in [0, 0.1) is 0 Å². The predicted molar refractivity (Wildman–Crippen MR) is 76.6 cm³/mol. The second-order valence-electron chi connectivity index (χ2n) is 4.99. The minimum absolute atomic E-state index is 0.0162. The van der Waals surface area contributed by atoms with Gasteiger partial charge in [0.1, 0.15) is 0 Å². The summed E-state index contributed by atoms with van der Waals surface area (Å²) in [5.41, 5.74) is 2.29. The van der Waals surface area contributed by atoms with Crippen LogP contribution in [-0.4, -0.2) is 33.1 Å². The first-order valence-electron chi connectivity index (χ1n) is 5.81. The average molecular weight is 323 g/mol. The summed E-state index contributed by atoms with van der Waals surface area (Å²) in [6.45, 7) is 7.24. The minimum Gasteiger partial charge on any atom is -0.294 e. The summed E-state index contributed by atoms with van der Waals surface area (Å²) in [4.78, 5) is 2.25. The van der Waals surface area contributed by atoms with Crippen LogP contribution in [0.4, 0.5) is 0 Å². The Morgan fingerprint density at radius 1 is 1.47 bits per heavy atom. The Hall–Kier alpha value is -0.0600. The van der Waals surface area contributed by atoms with E-state index < -0.39 is 0 Å². The van der Waals surface area contributed by atoms with E-state index in [-0.39, 0.29) is 5.54 Å². The lowest BCUT2D eigenvalue weighted by Crippen LogP contribution is -2.42. The van der Waals surface area contributed by atoms with Gasteiger partial charge in [-0.3, -0.25) is 9.58 Å². The van der Waals surface area contributed by atoms with Crippen molar-refractivity contribution in [1.82, 2.24) is 14.7 Å². The van der Waals surface area contributed by atoms with Crippen LogP contribution in [-0.2, 0) is 20.0 Å². The third-order valence-electron chi connectivity index (χ3n) is 3.25. The lowest BCUT2D eigenvalue weighted by molar-refractivity contribution is 0.166. The van der Waals surface area contributed by atoms with E-state index in [2.05, 4.69) is 53.7 Å². The fraction of sp³-hybridized carbons (Fsp3) is 0.750. The van der Waals surface area contributed by atoms with E-state index in [0.717, 1.165) is 23.1 Å². The van der Waals surface area contributed by atoms with Crippen LogP contribution < -0.4 is 0 Å². The molecule has 0 unspecified atom stereocenters. The monoisotopic (exact) mass is 321 g/mol. The predicted octanol–water partition coefficient (Wildman–Crippen LogP) is 3.19. The van der Waals surface area contributed by atoms with Gasteiger partial charge in [0.05, 0.1) is 15.9 Å². The fourth-order valence-electron chi connectivity index (χ4n) is 1.53. The number of halogens is 2. The number of aromatic nitrogens is 2. The van der Waals surface area contributed by atoms with Gasteiger partial charge >= 0.3 is 0 Å². The molecule has 17 heavy (non-hydrogen) atoms. The highest BCUT2D eigenvalue weighted by atomic mass is 79.9. The van der Waals surface area contributed by atoms with Gasteiger partial charge < -0.3 is 0 Å². The molecule has 0 aliphatic carbocycles. The highest BCUT2D eigenvalue weighted by Gasteiger charge is 2.24. The largest absolute Gasteiger partial charge is 0.294 e. The molecule has 0 saturated heterocycles. The number of nitrogens with zero attached hydrogens (tertiary/aromatic N) is 3. The van der Waals surface area contributed by atoms with Gasteiger partial charge in [-0.15, -0.1) is 11.6 Å². The van der Waals surface area contributed by atoms with E-state index in [4.69, 9.17) is 11.6 Å². The molecule has 1 rings (SSSR count). The Kier molecular flexibility index (Phi) is 5.05. The Morgan fingerprint density at radius 2 is 2.06 bits per heavy atom. The quantitative estimate of drug-likeness (QED) is 0.776. The first kappa shape index (κ1) is 15.0. The second kappa shape index (κ2) is 5.72. The SMILES string of the molecule is CCc1nn(C)c(CN(C)C(C)(C)CCl)c1Br. The molecule has 0 bridgehead atoms. The Morgan fingerprint density at radius 3 is 2.47 bits per heavy atom. The summed E-state index contributed by atoms with van der Waals surface area (Å²) in [5.74, 6) is 0.611. The molecule has 0 aliphatic rings. The molecule has 0 atom stereocenters. The van der Waals surface area contributed by atoms with Gasteiger partial charge in [-0.2, -0.15) is 5.10 Å². The Labute approximate surface area is 117 Å². The fourth-order valence-corrected chi connectivity index (χ4v) is 2.48. The van der Waals surface area contributed by atoms with Crippen LogP contribution in [0.5, 0.6) is 0 Å². The third kappa shape index (κ3) is 3.24.